The first kappa shape index (κ1) is 15.2. The third-order valence-electron chi connectivity index (χ3n) is 4.33. The summed E-state index contributed by atoms with van der Waals surface area (Å²) in [4.78, 5) is 0. The van der Waals surface area contributed by atoms with Crippen molar-refractivity contribution in [1.82, 2.24) is 0 Å². The lowest BCUT2D eigenvalue weighted by atomic mass is 9.80. The Morgan fingerprint density at radius 3 is 2.79 bits per heavy atom. The lowest BCUT2D eigenvalue weighted by Crippen LogP contribution is -2.32. The highest BCUT2D eigenvalue weighted by atomic mass is 35.5. The zero-order valence-electron chi connectivity index (χ0n) is 11.6. The molecule has 19 heavy (non-hydrogen) atoms. The molecule has 0 saturated heterocycles. The molecule has 1 aliphatic carbocycles. The minimum Gasteiger partial charge on any atom is -0.330 e. The summed E-state index contributed by atoms with van der Waals surface area (Å²) in [6.45, 7) is 3.14. The van der Waals surface area contributed by atoms with E-state index < -0.39 is 0 Å². The van der Waals surface area contributed by atoms with Crippen molar-refractivity contribution in [2.45, 2.75) is 43.6 Å². The van der Waals surface area contributed by atoms with E-state index in [4.69, 9.17) is 17.3 Å². The molecule has 2 N–H and O–H groups in total. The summed E-state index contributed by atoms with van der Waals surface area (Å²) < 4.78 is 0. The molecule has 1 fully saturated rings. The summed E-state index contributed by atoms with van der Waals surface area (Å²) in [7, 11) is 0. The third-order valence-corrected chi connectivity index (χ3v) is 6.18. The van der Waals surface area contributed by atoms with Gasteiger partial charge in [-0.05, 0) is 42.9 Å². The van der Waals surface area contributed by atoms with Gasteiger partial charge in [0, 0.05) is 16.0 Å². The van der Waals surface area contributed by atoms with E-state index in [1.807, 2.05) is 12.1 Å². The number of benzene rings is 1. The Hall–Kier alpha value is -0.180. The molecule has 1 nitrogen and oxygen atoms in total. The van der Waals surface area contributed by atoms with Crippen LogP contribution >= 0.6 is 23.4 Å². The molecule has 0 bridgehead atoms. The molecule has 3 heteroatoms. The molecule has 0 aromatic heterocycles. The van der Waals surface area contributed by atoms with Crippen molar-refractivity contribution in [3.8, 4) is 0 Å². The number of halogens is 1. The average Bonchev–Trinajstić information content (AvgIpc) is 2.46. The number of nitrogens with two attached hydrogens (primary N) is 1. The predicted molar refractivity (Wildman–Crippen MR) is 86.7 cm³/mol. The van der Waals surface area contributed by atoms with Gasteiger partial charge in [0.1, 0.15) is 0 Å². The van der Waals surface area contributed by atoms with Crippen LogP contribution in [0.15, 0.2) is 24.3 Å². The molecule has 1 saturated carbocycles. The first-order chi connectivity index (χ1) is 9.24. The molecule has 106 valence electrons. The zero-order chi connectivity index (χ0) is 13.7. The topological polar surface area (TPSA) is 26.0 Å². The minimum atomic E-state index is 0.690. The van der Waals surface area contributed by atoms with Gasteiger partial charge in [-0.15, -0.1) is 0 Å². The van der Waals surface area contributed by atoms with Crippen LogP contribution in [0.3, 0.4) is 0 Å². The summed E-state index contributed by atoms with van der Waals surface area (Å²) in [5, 5.41) is 1.60. The fraction of sp³-hybridized carbons (Fsp3) is 0.625. The molecule has 0 spiro atoms. The van der Waals surface area contributed by atoms with Gasteiger partial charge in [-0.3, -0.25) is 0 Å². The van der Waals surface area contributed by atoms with Crippen LogP contribution in [0, 0.1) is 11.8 Å². The van der Waals surface area contributed by atoms with Crippen molar-refractivity contribution in [3.63, 3.8) is 0 Å². The number of rotatable bonds is 5. The fourth-order valence-corrected chi connectivity index (χ4v) is 4.79. The second-order valence-corrected chi connectivity index (χ2v) is 7.16. The molecule has 1 aromatic carbocycles. The highest BCUT2D eigenvalue weighted by Gasteiger charge is 2.29. The SMILES string of the molecule is CCC1CCC(CN)C(SCc2ccccc2Cl)C1. The zero-order valence-corrected chi connectivity index (χ0v) is 13.2. The van der Waals surface area contributed by atoms with Gasteiger partial charge in [0.05, 0.1) is 0 Å². The highest BCUT2D eigenvalue weighted by molar-refractivity contribution is 7.99. The van der Waals surface area contributed by atoms with E-state index in [-0.39, 0.29) is 0 Å². The number of hydrogen-bond acceptors (Lipinski definition) is 2. The largest absolute Gasteiger partial charge is 0.330 e. The van der Waals surface area contributed by atoms with E-state index in [1.54, 1.807) is 0 Å². The first-order valence-corrected chi connectivity index (χ1v) is 8.72. The molecule has 3 unspecified atom stereocenters. The van der Waals surface area contributed by atoms with Gasteiger partial charge in [0.25, 0.3) is 0 Å². The van der Waals surface area contributed by atoms with Crippen LogP contribution in [-0.2, 0) is 5.75 Å². The van der Waals surface area contributed by atoms with Crippen molar-refractivity contribution in [1.29, 1.82) is 0 Å². The molecule has 2 rings (SSSR count). The van der Waals surface area contributed by atoms with E-state index in [0.29, 0.717) is 11.2 Å². The summed E-state index contributed by atoms with van der Waals surface area (Å²) in [5.41, 5.74) is 7.19. The van der Waals surface area contributed by atoms with Crippen LogP contribution in [0.2, 0.25) is 5.02 Å². The number of thioether (sulfide) groups is 1. The van der Waals surface area contributed by atoms with Crippen LogP contribution in [0.1, 0.15) is 38.2 Å². The summed E-state index contributed by atoms with van der Waals surface area (Å²) >= 11 is 8.28. The van der Waals surface area contributed by atoms with Crippen LogP contribution in [0.25, 0.3) is 0 Å². The Morgan fingerprint density at radius 2 is 2.11 bits per heavy atom. The van der Waals surface area contributed by atoms with E-state index in [1.165, 1.54) is 31.2 Å². The molecule has 1 aliphatic rings. The van der Waals surface area contributed by atoms with Crippen molar-refractivity contribution >= 4 is 23.4 Å². The lowest BCUT2D eigenvalue weighted by molar-refractivity contribution is 0.283. The minimum absolute atomic E-state index is 0.690. The maximum Gasteiger partial charge on any atom is 0.0446 e. The molecule has 0 aliphatic heterocycles. The van der Waals surface area contributed by atoms with Crippen molar-refractivity contribution in [3.05, 3.63) is 34.9 Å². The second kappa shape index (κ2) is 7.56. The highest BCUT2D eigenvalue weighted by Crippen LogP contribution is 2.39. The Labute approximate surface area is 126 Å². The van der Waals surface area contributed by atoms with Gasteiger partial charge in [-0.25, -0.2) is 0 Å². The van der Waals surface area contributed by atoms with Gasteiger partial charge >= 0.3 is 0 Å². The van der Waals surface area contributed by atoms with E-state index in [0.717, 1.165) is 23.2 Å². The molecule has 1 aromatic rings. The Balaban J connectivity index is 1.94. The Kier molecular flexibility index (Phi) is 6.06. The molecule has 3 atom stereocenters. The van der Waals surface area contributed by atoms with E-state index in [2.05, 4.69) is 30.8 Å². The predicted octanol–water partition coefficient (Wildman–Crippen LogP) is 4.73. The van der Waals surface area contributed by atoms with Gasteiger partial charge in [0.2, 0.25) is 0 Å². The quantitative estimate of drug-likeness (QED) is 0.850. The van der Waals surface area contributed by atoms with Gasteiger partial charge in [0.15, 0.2) is 0 Å². The van der Waals surface area contributed by atoms with E-state index >= 15 is 0 Å². The standard InChI is InChI=1S/C16H24ClNS/c1-2-12-7-8-13(10-18)16(9-12)19-11-14-5-3-4-6-15(14)17/h3-6,12-13,16H,2,7-11,18H2,1H3. The van der Waals surface area contributed by atoms with E-state index in [9.17, 15) is 0 Å². The summed E-state index contributed by atoms with van der Waals surface area (Å²) in [6, 6.07) is 8.17. The summed E-state index contributed by atoms with van der Waals surface area (Å²) in [5.74, 6) is 2.60. The maximum atomic E-state index is 6.23. The second-order valence-electron chi connectivity index (χ2n) is 5.52. The first-order valence-electron chi connectivity index (χ1n) is 7.29. The third kappa shape index (κ3) is 4.14. The van der Waals surface area contributed by atoms with Gasteiger partial charge in [-0.1, -0.05) is 49.6 Å². The number of hydrogen-bond donors (Lipinski definition) is 1. The Morgan fingerprint density at radius 1 is 1.32 bits per heavy atom. The van der Waals surface area contributed by atoms with Crippen molar-refractivity contribution in [2.24, 2.45) is 17.6 Å². The Bertz CT molecular complexity index is 396. The van der Waals surface area contributed by atoms with Crippen LogP contribution in [-0.4, -0.2) is 11.8 Å². The van der Waals surface area contributed by atoms with Crippen LogP contribution in [0.5, 0.6) is 0 Å². The summed E-state index contributed by atoms with van der Waals surface area (Å²) in [6.07, 6.45) is 5.30. The van der Waals surface area contributed by atoms with Crippen LogP contribution in [0.4, 0.5) is 0 Å². The molecular weight excluding hydrogens is 274 g/mol. The normalized spacial score (nSPS) is 27.4. The molecule has 0 radical (unpaired) electrons. The van der Waals surface area contributed by atoms with Crippen molar-refractivity contribution in [2.75, 3.05) is 6.54 Å². The van der Waals surface area contributed by atoms with Gasteiger partial charge < -0.3 is 5.73 Å². The molecule has 0 heterocycles. The smallest absolute Gasteiger partial charge is 0.0446 e. The lowest BCUT2D eigenvalue weighted by Gasteiger charge is -2.35. The monoisotopic (exact) mass is 297 g/mol. The fourth-order valence-electron chi connectivity index (χ4n) is 2.93. The molecule has 0 amide bonds. The van der Waals surface area contributed by atoms with Gasteiger partial charge in [-0.2, -0.15) is 11.8 Å². The average molecular weight is 298 g/mol. The molecular formula is C16H24ClNS. The van der Waals surface area contributed by atoms with Crippen LogP contribution < -0.4 is 5.73 Å². The van der Waals surface area contributed by atoms with Crippen molar-refractivity contribution < 1.29 is 0 Å². The maximum absolute atomic E-state index is 6.23.